The monoisotopic (exact) mass is 302 g/mol. The van der Waals surface area contributed by atoms with Gasteiger partial charge in [0.15, 0.2) is 0 Å². The highest BCUT2D eigenvalue weighted by atomic mass is 35.5. The molecule has 0 radical (unpaired) electrons. The van der Waals surface area contributed by atoms with Crippen LogP contribution in [0, 0.1) is 0 Å². The first-order valence-corrected chi connectivity index (χ1v) is 8.56. The molecular weight excluding hydrogens is 284 g/mol. The van der Waals surface area contributed by atoms with Crippen molar-refractivity contribution in [3.8, 4) is 0 Å². The standard InChI is InChI=1S/C13H19ClN2O2S/c1-11(12-5-3-4-6-13(12)14)15-7-9-16(10-8-15)19(2,17)18/h3-6,11H,7-10H2,1-2H3. The lowest BCUT2D eigenvalue weighted by Crippen LogP contribution is -2.48. The summed E-state index contributed by atoms with van der Waals surface area (Å²) in [6.07, 6.45) is 1.26. The first-order chi connectivity index (χ1) is 8.89. The van der Waals surface area contributed by atoms with Crippen LogP contribution >= 0.6 is 11.6 Å². The molecule has 0 aliphatic carbocycles. The van der Waals surface area contributed by atoms with Crippen LogP contribution in [0.4, 0.5) is 0 Å². The van der Waals surface area contributed by atoms with Gasteiger partial charge in [-0.3, -0.25) is 4.90 Å². The first kappa shape index (κ1) is 14.8. The molecule has 1 saturated heterocycles. The number of hydrogen-bond donors (Lipinski definition) is 0. The normalized spacial score (nSPS) is 20.4. The number of halogens is 1. The second-order valence-electron chi connectivity index (χ2n) is 4.90. The molecule has 0 aromatic heterocycles. The maximum Gasteiger partial charge on any atom is 0.211 e. The number of nitrogens with zero attached hydrogens (tertiary/aromatic N) is 2. The van der Waals surface area contributed by atoms with Gasteiger partial charge in [0.1, 0.15) is 0 Å². The van der Waals surface area contributed by atoms with Crippen molar-refractivity contribution in [2.45, 2.75) is 13.0 Å². The molecule has 4 nitrogen and oxygen atoms in total. The maximum absolute atomic E-state index is 11.5. The molecule has 1 fully saturated rings. The lowest BCUT2D eigenvalue weighted by molar-refractivity contribution is 0.146. The maximum atomic E-state index is 11.5. The molecule has 0 spiro atoms. The minimum absolute atomic E-state index is 0.204. The van der Waals surface area contributed by atoms with Crippen LogP contribution in [0.2, 0.25) is 5.02 Å². The fraction of sp³-hybridized carbons (Fsp3) is 0.538. The molecule has 106 valence electrons. The predicted octanol–water partition coefficient (Wildman–Crippen LogP) is 1.98. The average molecular weight is 303 g/mol. The van der Waals surface area contributed by atoms with Crippen molar-refractivity contribution in [1.82, 2.24) is 9.21 Å². The van der Waals surface area contributed by atoms with E-state index in [0.717, 1.165) is 23.7 Å². The molecule has 1 aliphatic heterocycles. The SMILES string of the molecule is CC(c1ccccc1Cl)N1CCN(S(C)(=O)=O)CC1. The highest BCUT2D eigenvalue weighted by Crippen LogP contribution is 2.27. The second-order valence-corrected chi connectivity index (χ2v) is 7.29. The van der Waals surface area contributed by atoms with Gasteiger partial charge in [0.25, 0.3) is 0 Å². The lowest BCUT2D eigenvalue weighted by atomic mass is 10.1. The Labute approximate surface area is 120 Å². The summed E-state index contributed by atoms with van der Waals surface area (Å²) in [5.41, 5.74) is 1.09. The van der Waals surface area contributed by atoms with Crippen LogP contribution in [0.25, 0.3) is 0 Å². The highest BCUT2D eigenvalue weighted by Gasteiger charge is 2.26. The van der Waals surface area contributed by atoms with Crippen LogP contribution in [-0.2, 0) is 10.0 Å². The Bertz CT molecular complexity index is 539. The number of piperazine rings is 1. The van der Waals surface area contributed by atoms with Gasteiger partial charge in [-0.25, -0.2) is 8.42 Å². The molecule has 1 aromatic carbocycles. The van der Waals surface area contributed by atoms with Crippen LogP contribution in [0.15, 0.2) is 24.3 Å². The summed E-state index contributed by atoms with van der Waals surface area (Å²) in [4.78, 5) is 2.27. The molecule has 0 bridgehead atoms. The van der Waals surface area contributed by atoms with Crippen molar-refractivity contribution in [3.05, 3.63) is 34.9 Å². The van der Waals surface area contributed by atoms with E-state index in [0.29, 0.717) is 13.1 Å². The summed E-state index contributed by atoms with van der Waals surface area (Å²) >= 11 is 6.21. The van der Waals surface area contributed by atoms with Gasteiger partial charge in [0, 0.05) is 37.2 Å². The number of rotatable bonds is 3. The van der Waals surface area contributed by atoms with Crippen LogP contribution in [-0.4, -0.2) is 50.1 Å². The van der Waals surface area contributed by atoms with Gasteiger partial charge >= 0.3 is 0 Å². The lowest BCUT2D eigenvalue weighted by Gasteiger charge is -2.37. The van der Waals surface area contributed by atoms with E-state index in [1.165, 1.54) is 10.6 Å². The quantitative estimate of drug-likeness (QED) is 0.857. The van der Waals surface area contributed by atoms with Crippen molar-refractivity contribution < 1.29 is 8.42 Å². The number of benzene rings is 1. The zero-order valence-corrected chi connectivity index (χ0v) is 12.8. The molecule has 1 atom stereocenters. The Morgan fingerprint density at radius 1 is 1.16 bits per heavy atom. The van der Waals surface area contributed by atoms with Gasteiger partial charge in [0.2, 0.25) is 10.0 Å². The van der Waals surface area contributed by atoms with E-state index in [-0.39, 0.29) is 6.04 Å². The van der Waals surface area contributed by atoms with Crippen molar-refractivity contribution >= 4 is 21.6 Å². The molecule has 6 heteroatoms. The molecule has 19 heavy (non-hydrogen) atoms. The van der Waals surface area contributed by atoms with Crippen molar-refractivity contribution in [2.24, 2.45) is 0 Å². The zero-order valence-electron chi connectivity index (χ0n) is 11.2. The van der Waals surface area contributed by atoms with Crippen LogP contribution in [0.1, 0.15) is 18.5 Å². The van der Waals surface area contributed by atoms with Gasteiger partial charge in [-0.05, 0) is 18.6 Å². The molecule has 1 unspecified atom stereocenters. The Hall–Kier alpha value is -0.620. The molecule has 0 saturated carbocycles. The van der Waals surface area contributed by atoms with Gasteiger partial charge in [0.05, 0.1) is 6.26 Å². The van der Waals surface area contributed by atoms with Crippen LogP contribution < -0.4 is 0 Å². The van der Waals surface area contributed by atoms with Gasteiger partial charge < -0.3 is 0 Å². The summed E-state index contributed by atoms with van der Waals surface area (Å²) in [5, 5.41) is 0.764. The van der Waals surface area contributed by atoms with E-state index in [2.05, 4.69) is 11.8 Å². The van der Waals surface area contributed by atoms with Crippen LogP contribution in [0.3, 0.4) is 0 Å². The fourth-order valence-corrected chi connectivity index (χ4v) is 3.55. The van der Waals surface area contributed by atoms with Gasteiger partial charge in [-0.1, -0.05) is 29.8 Å². The molecule has 2 rings (SSSR count). The van der Waals surface area contributed by atoms with E-state index in [9.17, 15) is 8.42 Å². The topological polar surface area (TPSA) is 40.6 Å². The second kappa shape index (κ2) is 5.79. The average Bonchev–Trinajstić information content (AvgIpc) is 2.38. The fourth-order valence-electron chi connectivity index (χ4n) is 2.43. The third-order valence-corrected chi connectivity index (χ3v) is 5.29. The van der Waals surface area contributed by atoms with Crippen molar-refractivity contribution in [2.75, 3.05) is 32.4 Å². The summed E-state index contributed by atoms with van der Waals surface area (Å²) in [6.45, 7) is 4.68. The molecule has 0 N–H and O–H groups in total. The Balaban J connectivity index is 2.04. The minimum Gasteiger partial charge on any atom is -0.294 e. The van der Waals surface area contributed by atoms with Crippen molar-refractivity contribution in [1.29, 1.82) is 0 Å². The Kier molecular flexibility index (Phi) is 4.50. The van der Waals surface area contributed by atoms with E-state index in [1.54, 1.807) is 0 Å². The summed E-state index contributed by atoms with van der Waals surface area (Å²) in [6, 6.07) is 8.01. The van der Waals surface area contributed by atoms with Crippen LogP contribution in [0.5, 0.6) is 0 Å². The zero-order chi connectivity index (χ0) is 14.0. The Morgan fingerprint density at radius 2 is 1.74 bits per heavy atom. The molecule has 1 heterocycles. The van der Waals surface area contributed by atoms with E-state index in [1.807, 2.05) is 24.3 Å². The largest absolute Gasteiger partial charge is 0.294 e. The van der Waals surface area contributed by atoms with E-state index >= 15 is 0 Å². The molecular formula is C13H19ClN2O2S. The number of sulfonamides is 1. The third kappa shape index (κ3) is 3.48. The smallest absolute Gasteiger partial charge is 0.211 e. The van der Waals surface area contributed by atoms with Gasteiger partial charge in [-0.15, -0.1) is 0 Å². The summed E-state index contributed by atoms with van der Waals surface area (Å²) in [7, 11) is -3.07. The number of hydrogen-bond acceptors (Lipinski definition) is 3. The van der Waals surface area contributed by atoms with Crippen molar-refractivity contribution in [3.63, 3.8) is 0 Å². The Morgan fingerprint density at radius 3 is 2.26 bits per heavy atom. The summed E-state index contributed by atoms with van der Waals surface area (Å²) < 4.78 is 24.5. The minimum atomic E-state index is -3.07. The van der Waals surface area contributed by atoms with E-state index < -0.39 is 10.0 Å². The van der Waals surface area contributed by atoms with E-state index in [4.69, 9.17) is 11.6 Å². The molecule has 1 aromatic rings. The molecule has 1 aliphatic rings. The predicted molar refractivity (Wildman–Crippen MR) is 77.9 cm³/mol. The first-order valence-electron chi connectivity index (χ1n) is 6.33. The molecule has 0 amide bonds. The summed E-state index contributed by atoms with van der Waals surface area (Å²) in [5.74, 6) is 0. The van der Waals surface area contributed by atoms with Gasteiger partial charge in [-0.2, -0.15) is 4.31 Å². The third-order valence-electron chi connectivity index (χ3n) is 3.65. The highest BCUT2D eigenvalue weighted by molar-refractivity contribution is 7.88.